The van der Waals surface area contributed by atoms with Crippen molar-refractivity contribution >= 4 is 81.0 Å². The number of carbonyl (C=O) groups is 4. The van der Waals surface area contributed by atoms with E-state index in [0.29, 0.717) is 130 Å². The summed E-state index contributed by atoms with van der Waals surface area (Å²) in [7, 11) is 0. The highest BCUT2D eigenvalue weighted by Gasteiger charge is 2.38. The predicted molar refractivity (Wildman–Crippen MR) is 522 cm³/mol. The summed E-state index contributed by atoms with van der Waals surface area (Å²) in [6.45, 7) is 27.1. The van der Waals surface area contributed by atoms with Crippen LogP contribution in [0.3, 0.4) is 0 Å². The number of ether oxygens (including phenoxy) is 5. The minimum absolute atomic E-state index is 0.0317. The zero-order chi connectivity index (χ0) is 100. The van der Waals surface area contributed by atoms with E-state index in [9.17, 15) is 45.5 Å². The summed E-state index contributed by atoms with van der Waals surface area (Å²) < 4.78 is 129. The number of rotatable bonds is 17. The third-order valence-electron chi connectivity index (χ3n) is 25.1. The van der Waals surface area contributed by atoms with Crippen molar-refractivity contribution in [3.63, 3.8) is 0 Å². The van der Waals surface area contributed by atoms with Crippen LogP contribution < -0.4 is 45.0 Å². The summed E-state index contributed by atoms with van der Waals surface area (Å²) in [5.41, 5.74) is 17.6. The summed E-state index contributed by atoms with van der Waals surface area (Å²) in [5, 5.41) is 30.4. The van der Waals surface area contributed by atoms with Crippen LogP contribution in [-0.2, 0) is 0 Å². The molecule has 0 aliphatic carbocycles. The van der Waals surface area contributed by atoms with Crippen molar-refractivity contribution in [2.24, 2.45) is 0 Å². The van der Waals surface area contributed by atoms with Crippen molar-refractivity contribution in [2.75, 3.05) is 26.4 Å². The average molecular weight is 1980 g/mol. The molecule has 0 unspecified atom stereocenters. The maximum absolute atomic E-state index is 15.2. The number of amides is 4. The maximum Gasteiger partial charge on any atom is 0.573 e. The molecule has 0 spiro atoms. The monoisotopic (exact) mass is 1980 g/mol. The number of benzene rings is 8. The lowest BCUT2D eigenvalue weighted by Crippen LogP contribution is -2.33. The van der Waals surface area contributed by atoms with E-state index in [1.165, 1.54) is 52.8 Å². The molecule has 4 aliphatic rings. The molecule has 0 saturated heterocycles. The Morgan fingerprint density at radius 3 is 1.01 bits per heavy atom. The minimum Gasteiger partial charge on any atom is -0.493 e. The maximum atomic E-state index is 15.2. The summed E-state index contributed by atoms with van der Waals surface area (Å²) in [5.74, 6) is -2.68. The van der Waals surface area contributed by atoms with Crippen molar-refractivity contribution in [3.8, 4) is 73.3 Å². The zero-order valence-electron chi connectivity index (χ0n) is 79.0. The third-order valence-corrected chi connectivity index (χ3v) is 26.0. The van der Waals surface area contributed by atoms with E-state index >= 15 is 4.39 Å². The van der Waals surface area contributed by atoms with Crippen LogP contribution in [0.1, 0.15) is 244 Å². The first kappa shape index (κ1) is 98.1. The van der Waals surface area contributed by atoms with Gasteiger partial charge in [-0.05, 0) is 130 Å². The standard InChI is InChI=1S/C27H24F4N4O3.C27H28N4O2.C26H23Cl2FN4O2.C26H23ClF2N4O2/c1-14(2)24-18(26(36)33-19-11-12-37-20-9-5-4-7-16(19)20)13-32-25-22(15(3)34-35(24)25)17-8-6-10-21(23(17)28)38-27(29,30)31;1-16(2)25-21(27(32)29-22-13-14-33-23-12-8-7-11-20(22)23)15-28-26-24(18(4)30-31(25)26)19-10-6-5-9-17(19)3;1-13(2)24-17(26(34)31-20-8-9-35-21-7-5-4-6-16(20)21)12-30-25-22(14(3)32-33(24)25)15-10-18(27)23(29)19(28)11-15;1-13(2)24-17(26(34)31-19-10-11-35-20-7-5-4-6-15(19)20)12-30-25-21(14(3)32-33(24)25)16-8-9-18(28)22(27)23(16)29/h4-10,13-14,19H,11-12H2,1-3H3,(H,33,36);5-12,15-16,22H,13-14H2,1-4H3,(H,29,32);4-7,10-13,20H,8-9H2,1-3H3,(H,31,34);4-9,12-13,19H,10-11H2,1-3H3,(H,31,34)/t19-;22-;20-;19-/m0000/s1. The number of nitrogens with one attached hydrogen (secondary N) is 4. The largest absolute Gasteiger partial charge is 0.573 e. The fourth-order valence-electron chi connectivity index (χ4n) is 18.7. The van der Waals surface area contributed by atoms with Gasteiger partial charge in [-0.15, -0.1) is 13.2 Å². The Balaban J connectivity index is 0.000000130. The second-order valence-electron chi connectivity index (χ2n) is 35.9. The molecule has 4 aliphatic heterocycles. The molecular formula is C106H98Cl3F7N16O9. The summed E-state index contributed by atoms with van der Waals surface area (Å²) in [6, 6.07) is 47.2. The number of aryl methyl sites for hydroxylation is 5. The number of hydrogen-bond donors (Lipinski definition) is 4. The summed E-state index contributed by atoms with van der Waals surface area (Å²) in [6.07, 6.45) is 3.74. The van der Waals surface area contributed by atoms with Gasteiger partial charge in [0.25, 0.3) is 23.6 Å². The third kappa shape index (κ3) is 19.6. The Bertz CT molecular complexity index is 7570. The average Bonchev–Trinajstić information content (AvgIpc) is 1.61. The van der Waals surface area contributed by atoms with E-state index in [2.05, 4.69) is 84.1 Å². The van der Waals surface area contributed by atoms with E-state index < -0.39 is 40.4 Å². The molecule has 8 aromatic carbocycles. The molecule has 8 aromatic heterocycles. The molecule has 12 heterocycles. The van der Waals surface area contributed by atoms with Gasteiger partial charge < -0.3 is 45.0 Å². The first-order valence-corrected chi connectivity index (χ1v) is 47.2. The molecule has 20 rings (SSSR count). The van der Waals surface area contributed by atoms with Gasteiger partial charge in [0.1, 0.15) is 33.8 Å². The van der Waals surface area contributed by atoms with Crippen LogP contribution in [0.15, 0.2) is 189 Å². The van der Waals surface area contributed by atoms with Crippen LogP contribution in [0.2, 0.25) is 15.1 Å². The van der Waals surface area contributed by atoms with E-state index in [-0.39, 0.29) is 104 Å². The molecular weight excluding hydrogens is 1880 g/mol. The number of hydrogen-bond acceptors (Lipinski definition) is 17. The smallest absolute Gasteiger partial charge is 0.493 e. The Labute approximate surface area is 821 Å². The first-order chi connectivity index (χ1) is 67.5. The highest BCUT2D eigenvalue weighted by atomic mass is 35.5. The number of fused-ring (bicyclic) bond motifs is 8. The fraction of sp³-hybridized carbons (Fsp3) is 0.283. The molecule has 0 saturated carbocycles. The molecule has 0 bridgehead atoms. The van der Waals surface area contributed by atoms with Crippen LogP contribution in [-0.4, -0.2) is 115 Å². The van der Waals surface area contributed by atoms with Crippen molar-refractivity contribution in [2.45, 2.75) is 170 Å². The van der Waals surface area contributed by atoms with E-state index in [0.717, 1.165) is 91.9 Å². The van der Waals surface area contributed by atoms with Gasteiger partial charge in [0, 0.05) is 95.0 Å². The first-order valence-electron chi connectivity index (χ1n) is 46.1. The summed E-state index contributed by atoms with van der Waals surface area (Å²) in [4.78, 5) is 72.1. The number of halogens is 10. The second-order valence-corrected chi connectivity index (χ2v) is 37.1. The number of aromatic nitrogens is 12. The quantitative estimate of drug-likeness (QED) is 0.0487. The molecule has 0 radical (unpaired) electrons. The second kappa shape index (κ2) is 40.7. The van der Waals surface area contributed by atoms with E-state index in [4.69, 9.17) is 68.9 Å². The van der Waals surface area contributed by atoms with E-state index in [1.54, 1.807) is 35.3 Å². The zero-order valence-corrected chi connectivity index (χ0v) is 81.3. The normalized spacial score (nSPS) is 15.3. The predicted octanol–water partition coefficient (Wildman–Crippen LogP) is 24.1. The minimum atomic E-state index is -5.05. The molecule has 4 atom stereocenters. The Kier molecular flexibility index (Phi) is 28.4. The highest BCUT2D eigenvalue weighted by Crippen LogP contribution is 2.45. The molecule has 726 valence electrons. The topological polar surface area (TPSA) is 283 Å². The number of nitrogens with zero attached hydrogens (tertiary/aromatic N) is 12. The van der Waals surface area contributed by atoms with Gasteiger partial charge in [-0.1, -0.05) is 199 Å². The van der Waals surface area contributed by atoms with Crippen LogP contribution in [0, 0.1) is 57.9 Å². The molecule has 16 aromatic rings. The van der Waals surface area contributed by atoms with Gasteiger partial charge in [-0.3, -0.25) is 19.2 Å². The highest BCUT2D eigenvalue weighted by molar-refractivity contribution is 6.35. The van der Waals surface area contributed by atoms with Crippen LogP contribution in [0.4, 0.5) is 30.7 Å². The van der Waals surface area contributed by atoms with Gasteiger partial charge in [-0.25, -0.2) is 55.6 Å². The van der Waals surface area contributed by atoms with Gasteiger partial charge in [0.05, 0.1) is 140 Å². The van der Waals surface area contributed by atoms with Crippen molar-refractivity contribution in [3.05, 3.63) is 323 Å². The molecule has 141 heavy (non-hydrogen) atoms. The van der Waals surface area contributed by atoms with Gasteiger partial charge >= 0.3 is 6.36 Å². The van der Waals surface area contributed by atoms with Crippen molar-refractivity contribution in [1.82, 2.24) is 79.7 Å². The van der Waals surface area contributed by atoms with Crippen molar-refractivity contribution in [1.29, 1.82) is 0 Å². The number of para-hydroxylation sites is 4. The summed E-state index contributed by atoms with van der Waals surface area (Å²) >= 11 is 17.9. The molecule has 4 amide bonds. The van der Waals surface area contributed by atoms with Gasteiger partial charge in [0.15, 0.2) is 45.8 Å². The van der Waals surface area contributed by atoms with Gasteiger partial charge in [0.2, 0.25) is 0 Å². The fourth-order valence-corrected chi connectivity index (χ4v) is 19.4. The SMILES string of the molecule is Cc1ccccc1-c1c(C)nn2c(C(C)C)c(C(=O)N[C@H]3CCOc4ccccc43)cnc12.Cc1nn2c(C(C)C)c(C(=O)N[C@H]3CCOc4ccccc43)cnc2c1-c1cc(Cl)c(F)c(Cl)c1.Cc1nn2c(C(C)C)c(C(=O)N[C@H]3CCOc4ccccc43)cnc2c1-c1ccc(F)c(Cl)c1F.Cc1nn2c(C(C)C)c(C(=O)N[C@H]3CCOc4ccccc43)cnc2c1-c1cccc(OC(F)(F)F)c1F. The van der Waals surface area contributed by atoms with Crippen LogP contribution in [0.25, 0.3) is 67.1 Å². The lowest BCUT2D eigenvalue weighted by atomic mass is 9.99. The Morgan fingerprint density at radius 2 is 0.674 bits per heavy atom. The molecule has 4 N–H and O–H groups in total. The molecule has 35 heteroatoms. The van der Waals surface area contributed by atoms with Crippen LogP contribution in [0.5, 0.6) is 28.7 Å². The number of carbonyl (C=O) groups excluding carboxylic acids is 4. The van der Waals surface area contributed by atoms with Crippen molar-refractivity contribution < 1.29 is 73.6 Å². The van der Waals surface area contributed by atoms with E-state index in [1.807, 2.05) is 169 Å². The lowest BCUT2D eigenvalue weighted by molar-refractivity contribution is -0.275. The molecule has 25 nitrogen and oxygen atoms in total. The van der Waals surface area contributed by atoms with Gasteiger partial charge in [-0.2, -0.15) is 20.4 Å². The van der Waals surface area contributed by atoms with Crippen LogP contribution >= 0.6 is 34.8 Å². The number of alkyl halides is 3. The Hall–Kier alpha value is -14.5. The Morgan fingerprint density at radius 1 is 0.376 bits per heavy atom. The molecule has 0 fully saturated rings. The lowest BCUT2D eigenvalue weighted by Gasteiger charge is -2.27.